The Morgan fingerprint density at radius 3 is 2.65 bits per heavy atom. The number of carbonyl (C=O) groups is 1. The van der Waals surface area contributed by atoms with E-state index < -0.39 is 0 Å². The average Bonchev–Trinajstić information content (AvgIpc) is 3.00. The Morgan fingerprint density at radius 1 is 1.31 bits per heavy atom. The molecule has 3 heterocycles. The van der Waals surface area contributed by atoms with E-state index in [1.807, 2.05) is 24.8 Å². The minimum absolute atomic E-state index is 0.161. The monoisotopic (exact) mass is 371 g/mol. The van der Waals surface area contributed by atoms with Gasteiger partial charge in [0.25, 0.3) is 0 Å². The van der Waals surface area contributed by atoms with Gasteiger partial charge < -0.3 is 14.3 Å². The lowest BCUT2D eigenvalue weighted by Crippen LogP contribution is -2.49. The molecular weight excluding hydrogens is 350 g/mol. The summed E-state index contributed by atoms with van der Waals surface area (Å²) in [6.45, 7) is 6.69. The normalized spacial score (nSPS) is 14.3. The van der Waals surface area contributed by atoms with E-state index in [1.165, 1.54) is 0 Å². The maximum atomic E-state index is 12.4. The summed E-state index contributed by atoms with van der Waals surface area (Å²) in [6, 6.07) is 5.70. The number of nitrogens with zero attached hydrogens (tertiary/aromatic N) is 5. The predicted molar refractivity (Wildman–Crippen MR) is 99.9 cm³/mol. The highest BCUT2D eigenvalue weighted by atomic mass is 32.2. The molecule has 0 saturated carbocycles. The van der Waals surface area contributed by atoms with Gasteiger partial charge in [-0.25, -0.2) is 4.98 Å². The zero-order valence-corrected chi connectivity index (χ0v) is 15.8. The van der Waals surface area contributed by atoms with Crippen LogP contribution in [0.5, 0.6) is 0 Å². The summed E-state index contributed by atoms with van der Waals surface area (Å²) in [7, 11) is 0. The molecule has 0 bridgehead atoms. The van der Waals surface area contributed by atoms with Gasteiger partial charge in [-0.05, 0) is 26.0 Å². The fourth-order valence-corrected chi connectivity index (χ4v) is 3.94. The zero-order valence-electron chi connectivity index (χ0n) is 14.9. The van der Waals surface area contributed by atoms with Crippen molar-refractivity contribution in [3.05, 3.63) is 40.9 Å². The summed E-state index contributed by atoms with van der Waals surface area (Å²) >= 11 is 1.59. The van der Waals surface area contributed by atoms with Crippen LogP contribution in [-0.2, 0) is 10.5 Å². The van der Waals surface area contributed by atoms with Crippen LogP contribution >= 0.6 is 11.8 Å². The van der Waals surface area contributed by atoms with Gasteiger partial charge in [-0.3, -0.25) is 4.79 Å². The Bertz CT molecular complexity index is 784. The van der Waals surface area contributed by atoms with E-state index >= 15 is 0 Å². The van der Waals surface area contributed by atoms with E-state index in [2.05, 4.69) is 21.1 Å². The third-order valence-electron chi connectivity index (χ3n) is 4.49. The van der Waals surface area contributed by atoms with Crippen molar-refractivity contribution in [3.63, 3.8) is 0 Å². The van der Waals surface area contributed by atoms with E-state index in [4.69, 9.17) is 9.78 Å². The smallest absolute Gasteiger partial charge is 0.232 e. The molecule has 26 heavy (non-hydrogen) atoms. The average molecular weight is 371 g/mol. The minimum Gasteiger partial charge on any atom is -0.361 e. The van der Waals surface area contributed by atoms with Crippen molar-refractivity contribution in [2.24, 2.45) is 0 Å². The number of rotatable bonds is 5. The molecular formula is C18H21N5O2S. The number of pyridine rings is 1. The fourth-order valence-electron chi connectivity index (χ4n) is 2.86. The minimum atomic E-state index is 0.161. The first-order valence-corrected chi connectivity index (χ1v) is 9.62. The Morgan fingerprint density at radius 2 is 2.08 bits per heavy atom. The van der Waals surface area contributed by atoms with Gasteiger partial charge >= 0.3 is 0 Å². The molecule has 0 aromatic carbocycles. The molecule has 1 fully saturated rings. The van der Waals surface area contributed by atoms with Crippen LogP contribution in [0.25, 0.3) is 0 Å². The van der Waals surface area contributed by atoms with Gasteiger partial charge in [-0.1, -0.05) is 5.16 Å². The van der Waals surface area contributed by atoms with Crippen LogP contribution < -0.4 is 4.90 Å². The second-order valence-corrected chi connectivity index (χ2v) is 7.17. The molecule has 0 spiro atoms. The lowest BCUT2D eigenvalue weighted by molar-refractivity contribution is -0.128. The molecule has 7 nitrogen and oxygen atoms in total. The maximum absolute atomic E-state index is 12.4. The predicted octanol–water partition coefficient (Wildman–Crippen LogP) is 2.14. The van der Waals surface area contributed by atoms with E-state index in [0.29, 0.717) is 24.4 Å². The van der Waals surface area contributed by atoms with Gasteiger partial charge in [0.1, 0.15) is 17.6 Å². The molecule has 3 rings (SSSR count). The number of nitriles is 1. The number of carbonyl (C=O) groups excluding carboxylic acids is 1. The molecule has 136 valence electrons. The fraction of sp³-hybridized carbons (Fsp3) is 0.444. The molecule has 1 aliphatic heterocycles. The van der Waals surface area contributed by atoms with Crippen LogP contribution in [-0.4, -0.2) is 52.9 Å². The molecule has 0 radical (unpaired) electrons. The molecule has 8 heteroatoms. The highest BCUT2D eigenvalue weighted by Crippen LogP contribution is 2.20. The van der Waals surface area contributed by atoms with Crippen LogP contribution in [0, 0.1) is 25.2 Å². The third kappa shape index (κ3) is 4.17. The van der Waals surface area contributed by atoms with Crippen LogP contribution in [0.2, 0.25) is 0 Å². The number of thioether (sulfide) groups is 1. The Labute approximate surface area is 157 Å². The summed E-state index contributed by atoms with van der Waals surface area (Å²) in [4.78, 5) is 20.8. The molecule has 0 unspecified atom stereocenters. The number of hydrogen-bond donors (Lipinski definition) is 0. The molecule has 2 aromatic heterocycles. The number of amides is 1. The lowest BCUT2D eigenvalue weighted by atomic mass is 10.2. The summed E-state index contributed by atoms with van der Waals surface area (Å²) in [5, 5.41) is 12.8. The van der Waals surface area contributed by atoms with Crippen molar-refractivity contribution in [2.75, 3.05) is 36.8 Å². The third-order valence-corrected chi connectivity index (χ3v) is 5.43. The molecule has 2 aromatic rings. The van der Waals surface area contributed by atoms with Gasteiger partial charge in [0.15, 0.2) is 0 Å². The van der Waals surface area contributed by atoms with Crippen molar-refractivity contribution in [1.29, 1.82) is 5.26 Å². The quantitative estimate of drug-likeness (QED) is 0.796. The number of hydrogen-bond acceptors (Lipinski definition) is 7. The van der Waals surface area contributed by atoms with Gasteiger partial charge in [0.05, 0.1) is 17.0 Å². The van der Waals surface area contributed by atoms with Crippen LogP contribution in [0.3, 0.4) is 0 Å². The number of piperazine rings is 1. The Balaban J connectivity index is 1.45. The van der Waals surface area contributed by atoms with Crippen molar-refractivity contribution in [3.8, 4) is 6.07 Å². The molecule has 0 atom stereocenters. The van der Waals surface area contributed by atoms with Crippen LogP contribution in [0.1, 0.15) is 22.6 Å². The Kier molecular flexibility index (Phi) is 5.78. The molecule has 1 amide bonds. The van der Waals surface area contributed by atoms with Gasteiger partial charge in [-0.2, -0.15) is 5.26 Å². The van der Waals surface area contributed by atoms with Crippen molar-refractivity contribution >= 4 is 23.5 Å². The lowest BCUT2D eigenvalue weighted by Gasteiger charge is -2.35. The summed E-state index contributed by atoms with van der Waals surface area (Å²) < 4.78 is 5.15. The number of aryl methyl sites for hydroxylation is 2. The number of aromatic nitrogens is 2. The summed E-state index contributed by atoms with van der Waals surface area (Å²) in [6.07, 6.45) is 1.58. The van der Waals surface area contributed by atoms with Crippen LogP contribution in [0.15, 0.2) is 22.9 Å². The van der Waals surface area contributed by atoms with Crippen LogP contribution in [0.4, 0.5) is 5.82 Å². The van der Waals surface area contributed by atoms with E-state index in [9.17, 15) is 4.79 Å². The second kappa shape index (κ2) is 8.23. The standard InChI is InChI=1S/C18H21N5O2S/c1-13-16(14(2)25-21-13)11-26-12-18(24)23-7-5-22(6-8-23)17-4-3-15(9-19)10-20-17/h3-4,10H,5-8,11-12H2,1-2H3. The topological polar surface area (TPSA) is 86.3 Å². The first-order chi connectivity index (χ1) is 12.6. The van der Waals surface area contributed by atoms with E-state index in [0.717, 1.165) is 41.7 Å². The summed E-state index contributed by atoms with van der Waals surface area (Å²) in [5.41, 5.74) is 2.53. The molecule has 0 aliphatic carbocycles. The molecule has 1 saturated heterocycles. The first kappa shape index (κ1) is 18.3. The highest BCUT2D eigenvalue weighted by molar-refractivity contribution is 7.99. The van der Waals surface area contributed by atoms with E-state index in [1.54, 1.807) is 24.0 Å². The van der Waals surface area contributed by atoms with Gasteiger partial charge in [0.2, 0.25) is 5.91 Å². The summed E-state index contributed by atoms with van der Waals surface area (Å²) in [5.74, 6) is 3.03. The molecule has 1 aliphatic rings. The van der Waals surface area contributed by atoms with Crippen molar-refractivity contribution in [1.82, 2.24) is 15.0 Å². The molecule has 0 N–H and O–H groups in total. The first-order valence-electron chi connectivity index (χ1n) is 8.47. The second-order valence-electron chi connectivity index (χ2n) is 6.18. The van der Waals surface area contributed by atoms with Gasteiger partial charge in [0, 0.05) is 43.7 Å². The van der Waals surface area contributed by atoms with Crippen molar-refractivity contribution < 1.29 is 9.32 Å². The zero-order chi connectivity index (χ0) is 18.5. The SMILES string of the molecule is Cc1noc(C)c1CSCC(=O)N1CCN(c2ccc(C#N)cn2)CC1. The maximum Gasteiger partial charge on any atom is 0.232 e. The Hall–Kier alpha value is -2.53. The number of anilines is 1. The highest BCUT2D eigenvalue weighted by Gasteiger charge is 2.22. The van der Waals surface area contributed by atoms with Gasteiger partial charge in [-0.15, -0.1) is 11.8 Å². The van der Waals surface area contributed by atoms with Crippen molar-refractivity contribution in [2.45, 2.75) is 19.6 Å². The largest absolute Gasteiger partial charge is 0.361 e. The van der Waals surface area contributed by atoms with E-state index in [-0.39, 0.29) is 5.91 Å².